The van der Waals surface area contributed by atoms with Crippen LogP contribution in [0.1, 0.15) is 33.6 Å². The quantitative estimate of drug-likeness (QED) is 0.647. The molecule has 12 heavy (non-hydrogen) atoms. The molecule has 0 amide bonds. The van der Waals surface area contributed by atoms with Crippen LogP contribution < -0.4 is 0 Å². The topological polar surface area (TPSA) is 26.3 Å². The van der Waals surface area contributed by atoms with Crippen molar-refractivity contribution in [1.82, 2.24) is 0 Å². The Hall–Kier alpha value is -0.370. The second-order valence-corrected chi connectivity index (χ2v) is 4.66. The first kappa shape index (κ1) is 9.72. The Labute approximate surface area is 74.3 Å². The molecule has 70 valence electrons. The van der Waals surface area contributed by atoms with Crippen molar-refractivity contribution in [1.29, 1.82) is 0 Å². The van der Waals surface area contributed by atoms with Crippen molar-refractivity contribution >= 4 is 5.78 Å². The van der Waals surface area contributed by atoms with Crippen LogP contribution in [0.25, 0.3) is 0 Å². The lowest BCUT2D eigenvalue weighted by Crippen LogP contribution is -2.37. The Morgan fingerprint density at radius 1 is 1.42 bits per heavy atom. The molecule has 2 heteroatoms. The third-order valence-electron chi connectivity index (χ3n) is 2.26. The maximum atomic E-state index is 11.7. The van der Waals surface area contributed by atoms with Crippen molar-refractivity contribution in [2.75, 3.05) is 7.11 Å². The lowest BCUT2D eigenvalue weighted by Gasteiger charge is -2.27. The highest BCUT2D eigenvalue weighted by Crippen LogP contribution is 2.35. The van der Waals surface area contributed by atoms with Gasteiger partial charge in [-0.1, -0.05) is 20.8 Å². The summed E-state index contributed by atoms with van der Waals surface area (Å²) < 4.78 is 5.23. The maximum Gasteiger partial charge on any atom is 0.165 e. The molecule has 0 bridgehead atoms. The SMILES string of the molecule is COC(C(=O)C1CC1)C(C)(C)C. The molecular formula is C10H18O2. The van der Waals surface area contributed by atoms with Crippen molar-refractivity contribution in [2.45, 2.75) is 39.7 Å². The van der Waals surface area contributed by atoms with E-state index in [1.54, 1.807) is 7.11 Å². The third kappa shape index (κ3) is 2.07. The molecule has 0 heterocycles. The van der Waals surface area contributed by atoms with Gasteiger partial charge >= 0.3 is 0 Å². The summed E-state index contributed by atoms with van der Waals surface area (Å²) in [6.07, 6.45) is 1.91. The zero-order valence-corrected chi connectivity index (χ0v) is 8.39. The smallest absolute Gasteiger partial charge is 0.165 e. The van der Waals surface area contributed by atoms with E-state index >= 15 is 0 Å². The summed E-state index contributed by atoms with van der Waals surface area (Å²) in [5.74, 6) is 0.596. The van der Waals surface area contributed by atoms with Crippen LogP contribution in [-0.2, 0) is 9.53 Å². The maximum absolute atomic E-state index is 11.7. The van der Waals surface area contributed by atoms with Crippen molar-refractivity contribution in [2.24, 2.45) is 11.3 Å². The Morgan fingerprint density at radius 3 is 2.17 bits per heavy atom. The fraction of sp³-hybridized carbons (Fsp3) is 0.900. The molecule has 0 aromatic carbocycles. The van der Waals surface area contributed by atoms with E-state index in [4.69, 9.17) is 4.74 Å². The summed E-state index contributed by atoms with van der Waals surface area (Å²) in [6, 6.07) is 0. The zero-order chi connectivity index (χ0) is 9.35. The fourth-order valence-electron chi connectivity index (χ4n) is 1.48. The number of hydrogen-bond donors (Lipinski definition) is 0. The number of ether oxygens (including phenoxy) is 1. The van der Waals surface area contributed by atoms with E-state index in [9.17, 15) is 4.79 Å². The molecular weight excluding hydrogens is 152 g/mol. The monoisotopic (exact) mass is 170 g/mol. The number of Topliss-reactive ketones (excluding diaryl/α,β-unsaturated/α-hetero) is 1. The highest BCUT2D eigenvalue weighted by Gasteiger charge is 2.40. The zero-order valence-electron chi connectivity index (χ0n) is 8.39. The van der Waals surface area contributed by atoms with Crippen LogP contribution in [0.15, 0.2) is 0 Å². The number of carbonyl (C=O) groups is 1. The van der Waals surface area contributed by atoms with Crippen LogP contribution >= 0.6 is 0 Å². The van der Waals surface area contributed by atoms with Gasteiger partial charge in [-0.3, -0.25) is 4.79 Å². The van der Waals surface area contributed by atoms with Gasteiger partial charge in [-0.2, -0.15) is 0 Å². The summed E-state index contributed by atoms with van der Waals surface area (Å²) in [5.41, 5.74) is -0.0611. The van der Waals surface area contributed by atoms with Crippen LogP contribution in [0.3, 0.4) is 0 Å². The molecule has 0 aliphatic heterocycles. The van der Waals surface area contributed by atoms with Gasteiger partial charge in [0.15, 0.2) is 5.78 Å². The van der Waals surface area contributed by atoms with Crippen molar-refractivity contribution in [3.8, 4) is 0 Å². The molecule has 1 atom stereocenters. The van der Waals surface area contributed by atoms with Crippen molar-refractivity contribution < 1.29 is 9.53 Å². The predicted octanol–water partition coefficient (Wildman–Crippen LogP) is 2.03. The molecule has 0 N–H and O–H groups in total. The first-order valence-corrected chi connectivity index (χ1v) is 4.53. The largest absolute Gasteiger partial charge is 0.373 e. The van der Waals surface area contributed by atoms with Gasteiger partial charge in [-0.05, 0) is 18.3 Å². The number of methoxy groups -OCH3 is 1. The first-order valence-electron chi connectivity index (χ1n) is 4.53. The number of hydrogen-bond acceptors (Lipinski definition) is 2. The fourth-order valence-corrected chi connectivity index (χ4v) is 1.48. The Balaban J connectivity index is 2.60. The van der Waals surface area contributed by atoms with Gasteiger partial charge in [0, 0.05) is 13.0 Å². The van der Waals surface area contributed by atoms with Crippen LogP contribution in [0.5, 0.6) is 0 Å². The Bertz CT molecular complexity index is 175. The Kier molecular flexibility index (Phi) is 2.57. The van der Waals surface area contributed by atoms with Crippen LogP contribution in [0.2, 0.25) is 0 Å². The average Bonchev–Trinajstić information content (AvgIpc) is 2.65. The molecule has 0 radical (unpaired) electrons. The summed E-state index contributed by atoms with van der Waals surface area (Å²) in [7, 11) is 1.62. The molecule has 0 aromatic rings. The second kappa shape index (κ2) is 3.17. The normalized spacial score (nSPS) is 20.7. The van der Waals surface area contributed by atoms with Crippen molar-refractivity contribution in [3.05, 3.63) is 0 Å². The average molecular weight is 170 g/mol. The van der Waals surface area contributed by atoms with Gasteiger partial charge in [-0.15, -0.1) is 0 Å². The van der Waals surface area contributed by atoms with Gasteiger partial charge in [0.2, 0.25) is 0 Å². The van der Waals surface area contributed by atoms with E-state index in [-0.39, 0.29) is 11.5 Å². The van der Waals surface area contributed by atoms with Crippen LogP contribution in [0.4, 0.5) is 0 Å². The molecule has 2 nitrogen and oxygen atoms in total. The molecule has 1 aliphatic carbocycles. The lowest BCUT2D eigenvalue weighted by atomic mass is 9.85. The summed E-state index contributed by atoms with van der Waals surface area (Å²) in [5, 5.41) is 0. The number of carbonyl (C=O) groups excluding carboxylic acids is 1. The minimum atomic E-state index is -0.218. The minimum absolute atomic E-state index is 0.0611. The number of rotatable bonds is 3. The van der Waals surface area contributed by atoms with E-state index in [0.29, 0.717) is 11.7 Å². The molecule has 1 aliphatic rings. The Morgan fingerprint density at radius 2 is 1.92 bits per heavy atom. The summed E-state index contributed by atoms with van der Waals surface area (Å²) >= 11 is 0. The van der Waals surface area contributed by atoms with Gasteiger partial charge in [0.1, 0.15) is 6.10 Å². The first-order chi connectivity index (χ1) is 5.46. The third-order valence-corrected chi connectivity index (χ3v) is 2.26. The summed E-state index contributed by atoms with van der Waals surface area (Å²) in [6.45, 7) is 6.13. The van der Waals surface area contributed by atoms with E-state index < -0.39 is 0 Å². The number of ketones is 1. The van der Waals surface area contributed by atoms with Gasteiger partial charge in [0.25, 0.3) is 0 Å². The minimum Gasteiger partial charge on any atom is -0.373 e. The van der Waals surface area contributed by atoms with E-state index in [1.165, 1.54) is 0 Å². The molecule has 1 rings (SSSR count). The van der Waals surface area contributed by atoms with Gasteiger partial charge < -0.3 is 4.74 Å². The summed E-state index contributed by atoms with van der Waals surface area (Å²) in [4.78, 5) is 11.7. The van der Waals surface area contributed by atoms with E-state index in [2.05, 4.69) is 0 Å². The van der Waals surface area contributed by atoms with Crippen LogP contribution in [-0.4, -0.2) is 19.0 Å². The predicted molar refractivity (Wildman–Crippen MR) is 48.0 cm³/mol. The van der Waals surface area contributed by atoms with E-state index in [0.717, 1.165) is 12.8 Å². The molecule has 0 spiro atoms. The standard InChI is InChI=1S/C10H18O2/c1-10(2,3)9(12-4)8(11)7-5-6-7/h7,9H,5-6H2,1-4H3. The van der Waals surface area contributed by atoms with Crippen LogP contribution in [0, 0.1) is 11.3 Å². The molecule has 0 saturated heterocycles. The second-order valence-electron chi connectivity index (χ2n) is 4.66. The van der Waals surface area contributed by atoms with Gasteiger partial charge in [-0.25, -0.2) is 0 Å². The molecule has 1 unspecified atom stereocenters. The molecule has 0 aromatic heterocycles. The molecule has 1 fully saturated rings. The highest BCUT2D eigenvalue weighted by atomic mass is 16.5. The highest BCUT2D eigenvalue weighted by molar-refractivity contribution is 5.88. The van der Waals surface area contributed by atoms with Crippen molar-refractivity contribution in [3.63, 3.8) is 0 Å². The van der Waals surface area contributed by atoms with E-state index in [1.807, 2.05) is 20.8 Å². The molecule has 1 saturated carbocycles. The van der Waals surface area contributed by atoms with Gasteiger partial charge in [0.05, 0.1) is 0 Å². The lowest BCUT2D eigenvalue weighted by molar-refractivity contribution is -0.136.